The fourth-order valence-corrected chi connectivity index (χ4v) is 4.71. The van der Waals surface area contributed by atoms with Gasteiger partial charge < -0.3 is 14.1 Å². The first kappa shape index (κ1) is 22.3. The van der Waals surface area contributed by atoms with E-state index in [1.165, 1.54) is 11.1 Å². The van der Waals surface area contributed by atoms with Crippen LogP contribution in [-0.2, 0) is 6.42 Å². The van der Waals surface area contributed by atoms with Gasteiger partial charge in [0.05, 0.1) is 13.7 Å². The van der Waals surface area contributed by atoms with Gasteiger partial charge in [0.25, 0.3) is 11.8 Å². The summed E-state index contributed by atoms with van der Waals surface area (Å²) in [4.78, 5) is 19.5. The highest BCUT2D eigenvalue weighted by Crippen LogP contribution is 2.44. The molecule has 0 spiro atoms. The Hall–Kier alpha value is -3.52. The molecule has 0 saturated carbocycles. The summed E-state index contributed by atoms with van der Waals surface area (Å²) in [5, 5.41) is 7.99. The molecule has 2 aromatic heterocycles. The molecule has 0 aliphatic carbocycles. The lowest BCUT2D eigenvalue weighted by atomic mass is 9.89. The van der Waals surface area contributed by atoms with Gasteiger partial charge in [0, 0.05) is 28.3 Å². The number of carbonyl (C=O) groups excluding carboxylic acids is 1. The number of halogens is 1. The predicted molar refractivity (Wildman–Crippen MR) is 132 cm³/mol. The van der Waals surface area contributed by atoms with Gasteiger partial charge in [0.15, 0.2) is 0 Å². The molecule has 1 aliphatic rings. The van der Waals surface area contributed by atoms with Gasteiger partial charge in [-0.1, -0.05) is 34.1 Å². The van der Waals surface area contributed by atoms with Crippen molar-refractivity contribution in [2.75, 3.05) is 18.6 Å². The summed E-state index contributed by atoms with van der Waals surface area (Å²) in [7, 11) is 1.67. The molecule has 34 heavy (non-hydrogen) atoms. The minimum absolute atomic E-state index is 0.0146. The number of rotatable bonds is 7. The topological polar surface area (TPSA) is 81.4 Å². The Bertz CT molecular complexity index is 1310. The fourth-order valence-electron chi connectivity index (χ4n) is 4.45. The number of hydrogen-bond donors (Lipinski definition) is 0. The Kier molecular flexibility index (Phi) is 6.15. The van der Waals surface area contributed by atoms with Crippen LogP contribution in [0.1, 0.15) is 34.7 Å². The quantitative estimate of drug-likeness (QED) is 0.306. The van der Waals surface area contributed by atoms with Gasteiger partial charge >= 0.3 is 0 Å². The van der Waals surface area contributed by atoms with E-state index in [4.69, 9.17) is 9.15 Å². The van der Waals surface area contributed by atoms with E-state index < -0.39 is 0 Å². The van der Waals surface area contributed by atoms with Crippen LogP contribution in [0, 0.1) is 0 Å². The van der Waals surface area contributed by atoms with E-state index in [0.717, 1.165) is 22.3 Å². The number of anilines is 1. The van der Waals surface area contributed by atoms with Crippen molar-refractivity contribution in [2.24, 2.45) is 0 Å². The van der Waals surface area contributed by atoms with Crippen molar-refractivity contribution < 1.29 is 13.9 Å². The fraction of sp³-hybridized carbons (Fsp3) is 0.231. The molecule has 2 atom stereocenters. The lowest BCUT2D eigenvalue weighted by Crippen LogP contribution is -2.36. The molecule has 2 unspecified atom stereocenters. The average molecular weight is 519 g/mol. The number of carbonyl (C=O) groups is 1. The minimum Gasteiger partial charge on any atom is -0.497 e. The Morgan fingerprint density at radius 2 is 1.94 bits per heavy atom. The maximum absolute atomic E-state index is 13.1. The summed E-state index contributed by atoms with van der Waals surface area (Å²) in [6.07, 6.45) is 2.49. The van der Waals surface area contributed by atoms with E-state index in [1.807, 2.05) is 18.2 Å². The Balaban J connectivity index is 1.41. The zero-order valence-electron chi connectivity index (χ0n) is 18.8. The molecule has 5 rings (SSSR count). The second-order valence-electron chi connectivity index (χ2n) is 8.28. The molecule has 0 N–H and O–H groups in total. The maximum atomic E-state index is 13.1. The normalized spacial score (nSPS) is 17.0. The number of Topliss-reactive ketones (excluding diaryl/α,β-unsaturated/α-hetero) is 1. The van der Waals surface area contributed by atoms with E-state index >= 15 is 0 Å². The molecule has 4 aromatic rings. The number of benzene rings is 2. The van der Waals surface area contributed by atoms with Gasteiger partial charge in [0.2, 0.25) is 5.78 Å². The van der Waals surface area contributed by atoms with Gasteiger partial charge in [0.1, 0.15) is 11.4 Å². The summed E-state index contributed by atoms with van der Waals surface area (Å²) in [5.41, 5.74) is 3.96. The average Bonchev–Trinajstić information content (AvgIpc) is 3.46. The van der Waals surface area contributed by atoms with Gasteiger partial charge in [-0.25, -0.2) is 0 Å². The van der Waals surface area contributed by atoms with Crippen LogP contribution in [0.2, 0.25) is 0 Å². The van der Waals surface area contributed by atoms with Crippen LogP contribution >= 0.6 is 15.9 Å². The number of aromatic nitrogens is 3. The zero-order valence-corrected chi connectivity index (χ0v) is 20.4. The van der Waals surface area contributed by atoms with Crippen LogP contribution < -0.4 is 9.64 Å². The third-order valence-corrected chi connectivity index (χ3v) is 6.78. The first-order valence-electron chi connectivity index (χ1n) is 11.0. The maximum Gasteiger partial charge on any atom is 0.286 e. The molecule has 0 bridgehead atoms. The summed E-state index contributed by atoms with van der Waals surface area (Å²) in [5.74, 6) is 0.992. The third kappa shape index (κ3) is 4.33. The van der Waals surface area contributed by atoms with Crippen LogP contribution in [-0.4, -0.2) is 40.7 Å². The smallest absolute Gasteiger partial charge is 0.286 e. The summed E-state index contributed by atoms with van der Waals surface area (Å²) < 4.78 is 12.2. The second-order valence-corrected chi connectivity index (χ2v) is 9.20. The molecular weight excluding hydrogens is 496 g/mol. The van der Waals surface area contributed by atoms with Gasteiger partial charge in [-0.05, 0) is 66.9 Å². The number of ketones is 1. The molecule has 0 amide bonds. The van der Waals surface area contributed by atoms with Gasteiger partial charge in [-0.3, -0.25) is 9.78 Å². The number of nitrogens with zero attached hydrogens (tertiary/aromatic N) is 4. The summed E-state index contributed by atoms with van der Waals surface area (Å²) in [6, 6.07) is 19.9. The van der Waals surface area contributed by atoms with E-state index in [2.05, 4.69) is 73.3 Å². The lowest BCUT2D eigenvalue weighted by molar-refractivity contribution is 0.0964. The highest BCUT2D eigenvalue weighted by atomic mass is 79.9. The van der Waals surface area contributed by atoms with Crippen LogP contribution in [0.15, 0.2) is 75.8 Å². The van der Waals surface area contributed by atoms with Crippen molar-refractivity contribution in [1.29, 1.82) is 0 Å². The molecule has 0 saturated heterocycles. The number of pyridine rings is 1. The van der Waals surface area contributed by atoms with Crippen molar-refractivity contribution in [3.63, 3.8) is 0 Å². The van der Waals surface area contributed by atoms with Crippen LogP contribution in [0.4, 0.5) is 5.69 Å². The summed E-state index contributed by atoms with van der Waals surface area (Å²) in [6.45, 7) is 2.29. The SMILES string of the molecule is COc1ccc2c(c1)C(Cc1ccc(Br)cc1)C(C)N2CC(=O)c1nnc(-c2ccccn2)o1. The largest absolute Gasteiger partial charge is 0.497 e. The van der Waals surface area contributed by atoms with Crippen molar-refractivity contribution >= 4 is 27.4 Å². The van der Waals surface area contributed by atoms with Crippen LogP contribution in [0.5, 0.6) is 5.75 Å². The Morgan fingerprint density at radius 1 is 1.12 bits per heavy atom. The number of methoxy groups -OCH3 is 1. The molecule has 0 radical (unpaired) electrons. The molecule has 2 aromatic carbocycles. The first-order chi connectivity index (χ1) is 16.5. The predicted octanol–water partition coefficient (Wildman–Crippen LogP) is 5.32. The van der Waals surface area contributed by atoms with Crippen molar-refractivity contribution in [3.8, 4) is 17.3 Å². The molecule has 1 aliphatic heterocycles. The number of fused-ring (bicyclic) bond motifs is 1. The summed E-state index contributed by atoms with van der Waals surface area (Å²) >= 11 is 3.50. The lowest BCUT2D eigenvalue weighted by Gasteiger charge is -2.26. The number of ether oxygens (including phenoxy) is 1. The van der Waals surface area contributed by atoms with Crippen molar-refractivity contribution in [1.82, 2.24) is 15.2 Å². The van der Waals surface area contributed by atoms with Gasteiger partial charge in [-0.15, -0.1) is 10.2 Å². The Morgan fingerprint density at radius 3 is 2.68 bits per heavy atom. The highest BCUT2D eigenvalue weighted by Gasteiger charge is 2.37. The van der Waals surface area contributed by atoms with E-state index in [9.17, 15) is 4.79 Å². The van der Waals surface area contributed by atoms with Gasteiger partial charge in [-0.2, -0.15) is 0 Å². The molecular formula is C26H23BrN4O3. The van der Waals surface area contributed by atoms with Crippen LogP contribution in [0.25, 0.3) is 11.6 Å². The Labute approximate surface area is 205 Å². The second kappa shape index (κ2) is 9.38. The van der Waals surface area contributed by atoms with Crippen molar-refractivity contribution in [2.45, 2.75) is 25.3 Å². The van der Waals surface area contributed by atoms with Crippen molar-refractivity contribution in [3.05, 3.63) is 88.4 Å². The molecule has 8 heteroatoms. The highest BCUT2D eigenvalue weighted by molar-refractivity contribution is 9.10. The third-order valence-electron chi connectivity index (χ3n) is 6.25. The minimum atomic E-state index is -0.229. The van der Waals surface area contributed by atoms with E-state index in [1.54, 1.807) is 25.4 Å². The molecule has 3 heterocycles. The standard InChI is InChI=1S/C26H23BrN4O3/c1-16-20(13-17-6-8-18(27)9-7-17)21-14-19(33-2)10-11-23(21)31(16)15-24(32)26-30-29-25(34-26)22-5-3-4-12-28-22/h3-12,14,16,20H,13,15H2,1-2H3. The number of hydrogen-bond acceptors (Lipinski definition) is 7. The monoisotopic (exact) mass is 518 g/mol. The first-order valence-corrected chi connectivity index (χ1v) is 11.8. The van der Waals surface area contributed by atoms with E-state index in [-0.39, 0.29) is 36.1 Å². The van der Waals surface area contributed by atoms with E-state index in [0.29, 0.717) is 5.69 Å². The molecule has 7 nitrogen and oxygen atoms in total. The van der Waals surface area contributed by atoms with Crippen LogP contribution in [0.3, 0.4) is 0 Å². The zero-order chi connectivity index (χ0) is 23.7. The molecule has 172 valence electrons. The molecule has 0 fully saturated rings.